The summed E-state index contributed by atoms with van der Waals surface area (Å²) in [4.78, 5) is 12.7. The molecule has 0 aromatic heterocycles. The van der Waals surface area contributed by atoms with E-state index in [1.165, 1.54) is 12.8 Å². The molecule has 2 N–H and O–H groups in total. The van der Waals surface area contributed by atoms with E-state index in [1.54, 1.807) is 0 Å². The number of rotatable bonds is 4. The van der Waals surface area contributed by atoms with Crippen molar-refractivity contribution in [3.63, 3.8) is 0 Å². The molecule has 3 fully saturated rings. The molecule has 0 radical (unpaired) electrons. The van der Waals surface area contributed by atoms with Crippen molar-refractivity contribution in [2.45, 2.75) is 57.4 Å². The first-order valence-electron chi connectivity index (χ1n) is 7.72. The zero-order chi connectivity index (χ0) is 13.3. The van der Waals surface area contributed by atoms with E-state index in [9.17, 15) is 9.90 Å². The molecule has 2 aliphatic carbocycles. The van der Waals surface area contributed by atoms with Gasteiger partial charge in [-0.2, -0.15) is 0 Å². The fraction of sp³-hybridized carbons (Fsp3) is 0.933. The van der Waals surface area contributed by atoms with Gasteiger partial charge in [0.25, 0.3) is 0 Å². The Balaban J connectivity index is 1.68. The minimum absolute atomic E-state index is 0.112. The highest BCUT2D eigenvalue weighted by Gasteiger charge is 2.70. The lowest BCUT2D eigenvalue weighted by atomic mass is 9.83. The van der Waals surface area contributed by atoms with Crippen molar-refractivity contribution in [1.82, 2.24) is 5.32 Å². The van der Waals surface area contributed by atoms with Gasteiger partial charge in [0.1, 0.15) is 0 Å². The van der Waals surface area contributed by atoms with E-state index < -0.39 is 0 Å². The van der Waals surface area contributed by atoms with Crippen LogP contribution in [0, 0.1) is 10.8 Å². The summed E-state index contributed by atoms with van der Waals surface area (Å²) in [6.07, 6.45) is 8.23. The molecule has 1 saturated heterocycles. The van der Waals surface area contributed by atoms with Gasteiger partial charge in [0.2, 0.25) is 5.91 Å². The summed E-state index contributed by atoms with van der Waals surface area (Å²) in [5.41, 5.74) is -0.176. The maximum Gasteiger partial charge on any atom is 0.227 e. The third kappa shape index (κ3) is 2.19. The van der Waals surface area contributed by atoms with Gasteiger partial charge in [-0.15, -0.1) is 0 Å². The average molecular weight is 267 g/mol. The minimum Gasteiger partial charge on any atom is -0.396 e. The monoisotopic (exact) mass is 267 g/mol. The standard InChI is InChI=1S/C15H25NO3/c17-8-5-15(11-14(15)6-9-19-10-7-14)13(18)16-12-3-1-2-4-12/h12,17H,1-11H2,(H,16,18). The quantitative estimate of drug-likeness (QED) is 0.813. The van der Waals surface area contributed by atoms with Gasteiger partial charge in [-0.3, -0.25) is 4.79 Å². The van der Waals surface area contributed by atoms with Gasteiger partial charge < -0.3 is 15.2 Å². The van der Waals surface area contributed by atoms with Crippen LogP contribution >= 0.6 is 0 Å². The van der Waals surface area contributed by atoms with Crippen molar-refractivity contribution in [3.8, 4) is 0 Å². The van der Waals surface area contributed by atoms with Crippen LogP contribution in [0.3, 0.4) is 0 Å². The Morgan fingerprint density at radius 1 is 1.26 bits per heavy atom. The number of nitrogens with one attached hydrogen (secondary N) is 1. The molecule has 1 amide bonds. The number of carbonyl (C=O) groups excluding carboxylic acids is 1. The predicted octanol–water partition coefficient (Wildman–Crippen LogP) is 1.61. The zero-order valence-corrected chi connectivity index (χ0v) is 11.6. The molecule has 1 unspecified atom stereocenters. The third-order valence-electron chi connectivity index (χ3n) is 5.64. The number of carbonyl (C=O) groups is 1. The molecule has 1 spiro atoms. The van der Waals surface area contributed by atoms with Crippen LogP contribution in [0.5, 0.6) is 0 Å². The van der Waals surface area contributed by atoms with E-state index in [0.29, 0.717) is 12.5 Å². The van der Waals surface area contributed by atoms with Gasteiger partial charge in [0.15, 0.2) is 0 Å². The van der Waals surface area contributed by atoms with E-state index >= 15 is 0 Å². The Kier molecular flexibility index (Phi) is 3.56. The Bertz CT molecular complexity index is 345. The van der Waals surface area contributed by atoms with Crippen LogP contribution in [0.25, 0.3) is 0 Å². The van der Waals surface area contributed by atoms with Crippen LogP contribution < -0.4 is 5.32 Å². The van der Waals surface area contributed by atoms with E-state index in [1.807, 2.05) is 0 Å². The van der Waals surface area contributed by atoms with E-state index in [2.05, 4.69) is 5.32 Å². The third-order valence-corrected chi connectivity index (χ3v) is 5.64. The molecule has 1 aliphatic heterocycles. The molecule has 19 heavy (non-hydrogen) atoms. The predicted molar refractivity (Wildman–Crippen MR) is 71.6 cm³/mol. The van der Waals surface area contributed by atoms with Gasteiger partial charge >= 0.3 is 0 Å². The van der Waals surface area contributed by atoms with Crippen molar-refractivity contribution in [1.29, 1.82) is 0 Å². The van der Waals surface area contributed by atoms with Crippen LogP contribution in [-0.2, 0) is 9.53 Å². The second-order valence-electron chi connectivity index (χ2n) is 6.58. The van der Waals surface area contributed by atoms with Crippen LogP contribution in [0.1, 0.15) is 51.4 Å². The summed E-state index contributed by atoms with van der Waals surface area (Å²) in [7, 11) is 0. The molecular formula is C15H25NO3. The molecule has 1 heterocycles. The Labute approximate surface area is 114 Å². The molecule has 0 aromatic rings. The second kappa shape index (κ2) is 5.06. The Morgan fingerprint density at radius 2 is 1.95 bits per heavy atom. The lowest BCUT2D eigenvalue weighted by Gasteiger charge is -2.29. The minimum atomic E-state index is -0.297. The van der Waals surface area contributed by atoms with Crippen molar-refractivity contribution in [2.24, 2.45) is 10.8 Å². The largest absolute Gasteiger partial charge is 0.396 e. The lowest BCUT2D eigenvalue weighted by Crippen LogP contribution is -2.42. The van der Waals surface area contributed by atoms with Gasteiger partial charge in [-0.25, -0.2) is 0 Å². The normalized spacial score (nSPS) is 33.5. The lowest BCUT2D eigenvalue weighted by molar-refractivity contribution is -0.130. The van der Waals surface area contributed by atoms with Crippen LogP contribution in [0.4, 0.5) is 0 Å². The molecule has 3 aliphatic rings. The molecule has 4 nitrogen and oxygen atoms in total. The van der Waals surface area contributed by atoms with Crippen LogP contribution in [0.2, 0.25) is 0 Å². The first-order chi connectivity index (χ1) is 9.22. The summed E-state index contributed by atoms with van der Waals surface area (Å²) in [5.74, 6) is 0.204. The summed E-state index contributed by atoms with van der Waals surface area (Å²) in [6, 6.07) is 0.376. The van der Waals surface area contributed by atoms with Crippen molar-refractivity contribution in [2.75, 3.05) is 19.8 Å². The smallest absolute Gasteiger partial charge is 0.227 e. The number of aliphatic hydroxyl groups is 1. The second-order valence-corrected chi connectivity index (χ2v) is 6.58. The Morgan fingerprint density at radius 3 is 2.58 bits per heavy atom. The highest BCUT2D eigenvalue weighted by molar-refractivity contribution is 5.87. The molecule has 0 bridgehead atoms. The molecular weight excluding hydrogens is 242 g/mol. The molecule has 108 valence electrons. The SMILES string of the molecule is O=C(NC1CCCC1)C1(CCO)CC12CCOCC2. The van der Waals surface area contributed by atoms with E-state index in [0.717, 1.165) is 45.3 Å². The molecule has 3 rings (SSSR count). The zero-order valence-electron chi connectivity index (χ0n) is 11.6. The number of amides is 1. The highest BCUT2D eigenvalue weighted by Crippen LogP contribution is 2.70. The summed E-state index contributed by atoms with van der Waals surface area (Å²) < 4.78 is 5.44. The van der Waals surface area contributed by atoms with Gasteiger partial charge in [-0.05, 0) is 43.9 Å². The first-order valence-corrected chi connectivity index (χ1v) is 7.72. The fourth-order valence-corrected chi connectivity index (χ4v) is 4.32. The maximum atomic E-state index is 12.7. The van der Waals surface area contributed by atoms with Gasteiger partial charge in [-0.1, -0.05) is 12.8 Å². The number of hydrogen-bond donors (Lipinski definition) is 2. The summed E-state index contributed by atoms with van der Waals surface area (Å²) in [5, 5.41) is 12.6. The topological polar surface area (TPSA) is 58.6 Å². The van der Waals surface area contributed by atoms with Crippen LogP contribution in [0.15, 0.2) is 0 Å². The highest BCUT2D eigenvalue weighted by atomic mass is 16.5. The summed E-state index contributed by atoms with van der Waals surface area (Å²) in [6.45, 7) is 1.65. The van der Waals surface area contributed by atoms with E-state index in [4.69, 9.17) is 4.74 Å². The maximum absolute atomic E-state index is 12.7. The number of aliphatic hydroxyl groups excluding tert-OH is 1. The molecule has 2 saturated carbocycles. The average Bonchev–Trinajstić information content (AvgIpc) is 2.79. The molecule has 4 heteroatoms. The molecule has 0 aromatic carbocycles. The summed E-state index contributed by atoms with van der Waals surface area (Å²) >= 11 is 0. The molecule has 1 atom stereocenters. The van der Waals surface area contributed by atoms with Crippen molar-refractivity contribution < 1.29 is 14.6 Å². The first kappa shape index (κ1) is 13.4. The van der Waals surface area contributed by atoms with E-state index in [-0.39, 0.29) is 23.3 Å². The van der Waals surface area contributed by atoms with Gasteiger partial charge in [0.05, 0.1) is 5.41 Å². The number of hydrogen-bond acceptors (Lipinski definition) is 3. The van der Waals surface area contributed by atoms with Crippen LogP contribution in [-0.4, -0.2) is 36.9 Å². The van der Waals surface area contributed by atoms with Crippen molar-refractivity contribution >= 4 is 5.91 Å². The van der Waals surface area contributed by atoms with Gasteiger partial charge in [0, 0.05) is 25.9 Å². The number of ether oxygens (including phenoxy) is 1. The Hall–Kier alpha value is -0.610. The fourth-order valence-electron chi connectivity index (χ4n) is 4.32. The van der Waals surface area contributed by atoms with Crippen molar-refractivity contribution in [3.05, 3.63) is 0 Å².